The van der Waals surface area contributed by atoms with Gasteiger partial charge in [0.25, 0.3) is 5.91 Å². The SMILES string of the molecule is CC(C)c1ccc(C(N)CNC(=O)COc2ccccc2)cc1. The molecule has 23 heavy (non-hydrogen) atoms. The number of nitrogens with one attached hydrogen (secondary N) is 1. The normalized spacial score (nSPS) is 12.0. The van der Waals surface area contributed by atoms with Crippen molar-refractivity contribution in [2.75, 3.05) is 13.2 Å². The van der Waals surface area contributed by atoms with Gasteiger partial charge in [0, 0.05) is 12.6 Å². The Morgan fingerprint density at radius 3 is 2.26 bits per heavy atom. The highest BCUT2D eigenvalue weighted by molar-refractivity contribution is 5.77. The highest BCUT2D eigenvalue weighted by Gasteiger charge is 2.09. The minimum absolute atomic E-state index is 0.0109. The summed E-state index contributed by atoms with van der Waals surface area (Å²) in [5.41, 5.74) is 8.41. The highest BCUT2D eigenvalue weighted by Crippen LogP contribution is 2.17. The van der Waals surface area contributed by atoms with E-state index in [1.54, 1.807) is 0 Å². The van der Waals surface area contributed by atoms with E-state index in [2.05, 4.69) is 31.3 Å². The second kappa shape index (κ2) is 8.34. The van der Waals surface area contributed by atoms with Gasteiger partial charge in [0.15, 0.2) is 6.61 Å². The van der Waals surface area contributed by atoms with E-state index in [1.807, 2.05) is 42.5 Å². The Labute approximate surface area is 137 Å². The Balaban J connectivity index is 1.77. The van der Waals surface area contributed by atoms with E-state index in [0.29, 0.717) is 18.2 Å². The molecule has 0 aromatic heterocycles. The van der Waals surface area contributed by atoms with E-state index in [9.17, 15) is 4.79 Å². The number of carbonyl (C=O) groups is 1. The maximum Gasteiger partial charge on any atom is 0.258 e. The van der Waals surface area contributed by atoms with Gasteiger partial charge in [-0.25, -0.2) is 0 Å². The summed E-state index contributed by atoms with van der Waals surface area (Å²) in [7, 11) is 0. The third-order valence-electron chi connectivity index (χ3n) is 3.66. The number of rotatable bonds is 7. The molecule has 0 spiro atoms. The second-order valence-corrected chi connectivity index (χ2v) is 5.83. The third kappa shape index (κ3) is 5.42. The average molecular weight is 312 g/mol. The zero-order valence-electron chi connectivity index (χ0n) is 13.7. The van der Waals surface area contributed by atoms with Crippen LogP contribution >= 0.6 is 0 Å². The van der Waals surface area contributed by atoms with Crippen molar-refractivity contribution in [3.63, 3.8) is 0 Å². The lowest BCUT2D eigenvalue weighted by Gasteiger charge is -2.15. The third-order valence-corrected chi connectivity index (χ3v) is 3.66. The summed E-state index contributed by atoms with van der Waals surface area (Å²) in [4.78, 5) is 11.8. The number of nitrogens with two attached hydrogens (primary N) is 1. The zero-order valence-corrected chi connectivity index (χ0v) is 13.7. The van der Waals surface area contributed by atoms with Gasteiger partial charge in [0.05, 0.1) is 0 Å². The first kappa shape index (κ1) is 17.0. The molecular weight excluding hydrogens is 288 g/mol. The Bertz CT molecular complexity index is 609. The van der Waals surface area contributed by atoms with Crippen molar-refractivity contribution in [1.82, 2.24) is 5.32 Å². The number of ether oxygens (including phenoxy) is 1. The van der Waals surface area contributed by atoms with Gasteiger partial charge < -0.3 is 15.8 Å². The summed E-state index contributed by atoms with van der Waals surface area (Å²) >= 11 is 0. The molecule has 2 rings (SSSR count). The summed E-state index contributed by atoms with van der Waals surface area (Å²) in [6.07, 6.45) is 0. The largest absolute Gasteiger partial charge is 0.484 e. The molecule has 0 radical (unpaired) electrons. The molecule has 1 unspecified atom stereocenters. The summed E-state index contributed by atoms with van der Waals surface area (Å²) < 4.78 is 5.40. The van der Waals surface area contributed by atoms with E-state index >= 15 is 0 Å². The molecule has 0 bridgehead atoms. The van der Waals surface area contributed by atoms with Gasteiger partial charge >= 0.3 is 0 Å². The van der Waals surface area contributed by atoms with Crippen LogP contribution < -0.4 is 15.8 Å². The molecular formula is C19H24N2O2. The molecule has 3 N–H and O–H groups in total. The first-order chi connectivity index (χ1) is 11.1. The van der Waals surface area contributed by atoms with Gasteiger partial charge in [-0.2, -0.15) is 0 Å². The number of benzene rings is 2. The molecule has 0 aliphatic heterocycles. The van der Waals surface area contributed by atoms with Gasteiger partial charge in [-0.05, 0) is 29.2 Å². The molecule has 0 heterocycles. The van der Waals surface area contributed by atoms with Crippen LogP contribution in [0.4, 0.5) is 0 Å². The minimum Gasteiger partial charge on any atom is -0.484 e. The standard InChI is InChI=1S/C19H24N2O2/c1-14(2)15-8-10-16(11-9-15)18(20)12-21-19(22)13-23-17-6-4-3-5-7-17/h3-11,14,18H,12-13,20H2,1-2H3,(H,21,22). The van der Waals surface area contributed by atoms with Crippen molar-refractivity contribution in [2.24, 2.45) is 5.73 Å². The van der Waals surface area contributed by atoms with Crippen molar-refractivity contribution < 1.29 is 9.53 Å². The lowest BCUT2D eigenvalue weighted by molar-refractivity contribution is -0.123. The second-order valence-electron chi connectivity index (χ2n) is 5.83. The fourth-order valence-electron chi connectivity index (χ4n) is 2.19. The van der Waals surface area contributed by atoms with Crippen LogP contribution in [0.2, 0.25) is 0 Å². The van der Waals surface area contributed by atoms with E-state index in [-0.39, 0.29) is 18.6 Å². The van der Waals surface area contributed by atoms with E-state index < -0.39 is 0 Å². The van der Waals surface area contributed by atoms with Crippen LogP contribution in [0.3, 0.4) is 0 Å². The molecule has 0 saturated carbocycles. The molecule has 122 valence electrons. The maximum absolute atomic E-state index is 11.8. The van der Waals surface area contributed by atoms with Crippen molar-refractivity contribution in [3.8, 4) is 5.75 Å². The van der Waals surface area contributed by atoms with Gasteiger partial charge in [-0.1, -0.05) is 56.3 Å². The number of hydrogen-bond acceptors (Lipinski definition) is 3. The lowest BCUT2D eigenvalue weighted by atomic mass is 9.99. The number of hydrogen-bond donors (Lipinski definition) is 2. The van der Waals surface area contributed by atoms with Crippen LogP contribution in [0.25, 0.3) is 0 Å². The predicted octanol–water partition coefficient (Wildman–Crippen LogP) is 3.01. The number of carbonyl (C=O) groups excluding carboxylic acids is 1. The molecule has 4 nitrogen and oxygen atoms in total. The Hall–Kier alpha value is -2.33. The summed E-state index contributed by atoms with van der Waals surface area (Å²) in [6, 6.07) is 17.2. The monoisotopic (exact) mass is 312 g/mol. The molecule has 0 aliphatic carbocycles. The summed E-state index contributed by atoms with van der Waals surface area (Å²) in [6.45, 7) is 4.69. The molecule has 1 atom stereocenters. The molecule has 1 amide bonds. The van der Waals surface area contributed by atoms with Crippen molar-refractivity contribution in [1.29, 1.82) is 0 Å². The smallest absolute Gasteiger partial charge is 0.258 e. The molecule has 2 aromatic rings. The van der Waals surface area contributed by atoms with E-state index in [1.165, 1.54) is 5.56 Å². The quantitative estimate of drug-likeness (QED) is 0.826. The van der Waals surface area contributed by atoms with Crippen molar-refractivity contribution in [3.05, 3.63) is 65.7 Å². The fraction of sp³-hybridized carbons (Fsp3) is 0.316. The van der Waals surface area contributed by atoms with Gasteiger partial charge in [-0.3, -0.25) is 4.79 Å². The van der Waals surface area contributed by atoms with Gasteiger partial charge in [-0.15, -0.1) is 0 Å². The average Bonchev–Trinajstić information content (AvgIpc) is 2.58. The van der Waals surface area contributed by atoms with E-state index in [0.717, 1.165) is 5.56 Å². The number of para-hydroxylation sites is 1. The number of amides is 1. The predicted molar refractivity (Wildman–Crippen MR) is 92.4 cm³/mol. The zero-order chi connectivity index (χ0) is 16.7. The molecule has 0 fully saturated rings. The Morgan fingerprint density at radius 1 is 1.04 bits per heavy atom. The Morgan fingerprint density at radius 2 is 1.65 bits per heavy atom. The van der Waals surface area contributed by atoms with Crippen LogP contribution in [0.5, 0.6) is 5.75 Å². The fourth-order valence-corrected chi connectivity index (χ4v) is 2.19. The first-order valence-electron chi connectivity index (χ1n) is 7.86. The van der Waals surface area contributed by atoms with Gasteiger partial charge in [0.2, 0.25) is 0 Å². The van der Waals surface area contributed by atoms with Crippen molar-refractivity contribution in [2.45, 2.75) is 25.8 Å². The van der Waals surface area contributed by atoms with Crippen LogP contribution in [0.15, 0.2) is 54.6 Å². The van der Waals surface area contributed by atoms with E-state index in [4.69, 9.17) is 10.5 Å². The topological polar surface area (TPSA) is 64.3 Å². The summed E-state index contributed by atoms with van der Waals surface area (Å²) in [5, 5.41) is 2.80. The Kier molecular flexibility index (Phi) is 6.18. The lowest BCUT2D eigenvalue weighted by Crippen LogP contribution is -2.35. The molecule has 0 saturated heterocycles. The highest BCUT2D eigenvalue weighted by atomic mass is 16.5. The van der Waals surface area contributed by atoms with Crippen LogP contribution in [-0.4, -0.2) is 19.1 Å². The van der Waals surface area contributed by atoms with Crippen LogP contribution in [0, 0.1) is 0 Å². The maximum atomic E-state index is 11.8. The molecule has 2 aromatic carbocycles. The van der Waals surface area contributed by atoms with Crippen LogP contribution in [-0.2, 0) is 4.79 Å². The van der Waals surface area contributed by atoms with Gasteiger partial charge in [0.1, 0.15) is 5.75 Å². The van der Waals surface area contributed by atoms with Crippen molar-refractivity contribution >= 4 is 5.91 Å². The minimum atomic E-state index is -0.225. The summed E-state index contributed by atoms with van der Waals surface area (Å²) in [5.74, 6) is 0.995. The first-order valence-corrected chi connectivity index (χ1v) is 7.86. The van der Waals surface area contributed by atoms with Crippen LogP contribution in [0.1, 0.15) is 36.9 Å². The molecule has 4 heteroatoms. The molecule has 0 aliphatic rings.